The van der Waals surface area contributed by atoms with E-state index < -0.39 is 0 Å². The first-order valence-corrected chi connectivity index (χ1v) is 7.17. The second kappa shape index (κ2) is 5.24. The summed E-state index contributed by atoms with van der Waals surface area (Å²) in [6.45, 7) is 8.12. The smallest absolute Gasteiger partial charge is 0.254 e. The number of likely N-dealkylation sites (tertiary alicyclic amines) is 1. The number of amides is 1. The van der Waals surface area contributed by atoms with Crippen molar-refractivity contribution in [1.29, 1.82) is 0 Å². The summed E-state index contributed by atoms with van der Waals surface area (Å²) in [5, 5.41) is 0. The summed E-state index contributed by atoms with van der Waals surface area (Å²) in [7, 11) is 0. The summed E-state index contributed by atoms with van der Waals surface area (Å²) in [6, 6.07) is 5.59. The molecule has 0 saturated carbocycles. The number of anilines is 1. The molecule has 1 aromatic rings. The van der Waals surface area contributed by atoms with Gasteiger partial charge >= 0.3 is 0 Å². The molecule has 1 aliphatic rings. The Kier molecular flexibility index (Phi) is 3.83. The number of hydrogen-bond donors (Lipinski definition) is 1. The fourth-order valence-corrected chi connectivity index (χ4v) is 2.99. The molecule has 0 atom stereocenters. The van der Waals surface area contributed by atoms with E-state index in [1.54, 1.807) is 0 Å². The normalized spacial score (nSPS) is 17.7. The quantitative estimate of drug-likeness (QED) is 0.848. The predicted octanol–water partition coefficient (Wildman–Crippen LogP) is 3.23. The zero-order valence-electron chi connectivity index (χ0n) is 12.2. The molecule has 1 saturated heterocycles. The zero-order valence-corrected chi connectivity index (χ0v) is 12.2. The second-order valence-corrected chi connectivity index (χ2v) is 5.70. The van der Waals surface area contributed by atoms with E-state index in [-0.39, 0.29) is 5.91 Å². The number of nitrogens with two attached hydrogens (primary N) is 1. The lowest BCUT2D eigenvalue weighted by Gasteiger charge is -2.26. The van der Waals surface area contributed by atoms with E-state index in [0.29, 0.717) is 11.1 Å². The first-order valence-electron chi connectivity index (χ1n) is 7.17. The van der Waals surface area contributed by atoms with Crippen LogP contribution in [0, 0.1) is 12.3 Å². The molecule has 104 valence electrons. The van der Waals surface area contributed by atoms with Crippen LogP contribution in [0.25, 0.3) is 0 Å². The molecule has 0 aliphatic carbocycles. The molecule has 1 aliphatic heterocycles. The van der Waals surface area contributed by atoms with Gasteiger partial charge in [0, 0.05) is 24.3 Å². The molecule has 0 aromatic heterocycles. The van der Waals surface area contributed by atoms with Crippen LogP contribution in [0.3, 0.4) is 0 Å². The molecule has 19 heavy (non-hydrogen) atoms. The maximum absolute atomic E-state index is 12.6. The summed E-state index contributed by atoms with van der Waals surface area (Å²) in [5.74, 6) is 0.133. The van der Waals surface area contributed by atoms with E-state index in [2.05, 4.69) is 13.8 Å². The monoisotopic (exact) mass is 260 g/mol. The highest BCUT2D eigenvalue weighted by molar-refractivity contribution is 5.97. The molecule has 0 spiro atoms. The minimum Gasteiger partial charge on any atom is -0.398 e. The lowest BCUT2D eigenvalue weighted by Crippen LogP contribution is -2.32. The molecule has 0 bridgehead atoms. The van der Waals surface area contributed by atoms with Gasteiger partial charge in [-0.1, -0.05) is 19.9 Å². The van der Waals surface area contributed by atoms with E-state index in [1.165, 1.54) is 0 Å². The van der Waals surface area contributed by atoms with Gasteiger partial charge in [-0.2, -0.15) is 0 Å². The minimum absolute atomic E-state index is 0.133. The van der Waals surface area contributed by atoms with Gasteiger partial charge in [0.15, 0.2) is 0 Å². The Morgan fingerprint density at radius 1 is 1.37 bits per heavy atom. The average Bonchev–Trinajstić information content (AvgIpc) is 2.86. The Morgan fingerprint density at radius 2 is 2.05 bits per heavy atom. The highest BCUT2D eigenvalue weighted by Gasteiger charge is 2.37. The van der Waals surface area contributed by atoms with Crippen LogP contribution in [-0.4, -0.2) is 23.9 Å². The van der Waals surface area contributed by atoms with Crippen molar-refractivity contribution >= 4 is 11.6 Å². The second-order valence-electron chi connectivity index (χ2n) is 5.70. The lowest BCUT2D eigenvalue weighted by molar-refractivity contribution is 0.0769. The van der Waals surface area contributed by atoms with Gasteiger partial charge < -0.3 is 10.6 Å². The minimum atomic E-state index is 0.133. The van der Waals surface area contributed by atoms with Gasteiger partial charge in [0.1, 0.15) is 0 Å². The fourth-order valence-electron chi connectivity index (χ4n) is 2.99. The van der Waals surface area contributed by atoms with Gasteiger partial charge in [-0.3, -0.25) is 4.79 Å². The van der Waals surface area contributed by atoms with Gasteiger partial charge in [0.2, 0.25) is 0 Å². The lowest BCUT2D eigenvalue weighted by atomic mass is 9.82. The SMILES string of the molecule is CCC1(CC)CCN(C(=O)c2cccc(N)c2C)C1. The number of benzene rings is 1. The molecule has 1 heterocycles. The third-order valence-electron chi connectivity index (χ3n) is 4.83. The third kappa shape index (κ3) is 2.46. The Hall–Kier alpha value is -1.51. The maximum Gasteiger partial charge on any atom is 0.254 e. The van der Waals surface area contributed by atoms with Crippen LogP contribution >= 0.6 is 0 Å². The van der Waals surface area contributed by atoms with Crippen LogP contribution in [0.15, 0.2) is 18.2 Å². The van der Waals surface area contributed by atoms with Crippen molar-refractivity contribution in [1.82, 2.24) is 4.90 Å². The van der Waals surface area contributed by atoms with Gasteiger partial charge in [-0.15, -0.1) is 0 Å². The summed E-state index contributed by atoms with van der Waals surface area (Å²) < 4.78 is 0. The van der Waals surface area contributed by atoms with Crippen LogP contribution in [-0.2, 0) is 0 Å². The van der Waals surface area contributed by atoms with Gasteiger partial charge in [0.25, 0.3) is 5.91 Å². The molecule has 2 N–H and O–H groups in total. The van der Waals surface area contributed by atoms with Crippen molar-refractivity contribution in [2.75, 3.05) is 18.8 Å². The number of carbonyl (C=O) groups is 1. The van der Waals surface area contributed by atoms with Crippen LogP contribution < -0.4 is 5.73 Å². The maximum atomic E-state index is 12.6. The van der Waals surface area contributed by atoms with Crippen molar-refractivity contribution in [2.24, 2.45) is 5.41 Å². The first-order chi connectivity index (χ1) is 9.03. The molecular weight excluding hydrogens is 236 g/mol. The van der Waals surface area contributed by atoms with Crippen molar-refractivity contribution in [3.8, 4) is 0 Å². The summed E-state index contributed by atoms with van der Waals surface area (Å²) in [6.07, 6.45) is 3.40. The molecule has 1 amide bonds. The number of nitrogen functional groups attached to an aromatic ring is 1. The topological polar surface area (TPSA) is 46.3 Å². The largest absolute Gasteiger partial charge is 0.398 e. The highest BCUT2D eigenvalue weighted by Crippen LogP contribution is 2.37. The van der Waals surface area contributed by atoms with Crippen molar-refractivity contribution in [2.45, 2.75) is 40.0 Å². The Morgan fingerprint density at radius 3 is 2.63 bits per heavy atom. The molecular formula is C16H24N2O. The predicted molar refractivity (Wildman–Crippen MR) is 79.1 cm³/mol. The van der Waals surface area contributed by atoms with E-state index >= 15 is 0 Å². The first kappa shape index (κ1) is 13.9. The summed E-state index contributed by atoms with van der Waals surface area (Å²) in [4.78, 5) is 14.6. The number of carbonyl (C=O) groups excluding carboxylic acids is 1. The van der Waals surface area contributed by atoms with Crippen molar-refractivity contribution < 1.29 is 4.79 Å². The van der Waals surface area contributed by atoms with E-state index in [0.717, 1.165) is 43.5 Å². The fraction of sp³-hybridized carbons (Fsp3) is 0.562. The molecule has 3 heteroatoms. The summed E-state index contributed by atoms with van der Waals surface area (Å²) >= 11 is 0. The van der Waals surface area contributed by atoms with Crippen LogP contribution in [0.5, 0.6) is 0 Å². The molecule has 0 unspecified atom stereocenters. The van der Waals surface area contributed by atoms with E-state index in [9.17, 15) is 4.79 Å². The van der Waals surface area contributed by atoms with Crippen LogP contribution in [0.1, 0.15) is 49.0 Å². The van der Waals surface area contributed by atoms with Gasteiger partial charge in [0.05, 0.1) is 0 Å². The van der Waals surface area contributed by atoms with E-state index in [4.69, 9.17) is 5.73 Å². The molecule has 1 fully saturated rings. The standard InChI is InChI=1S/C16H24N2O/c1-4-16(5-2)9-10-18(11-16)15(19)13-7-6-8-14(17)12(13)3/h6-8H,4-5,9-11,17H2,1-3H3. The van der Waals surface area contributed by atoms with Gasteiger partial charge in [-0.05, 0) is 49.3 Å². The average molecular weight is 260 g/mol. The molecule has 0 radical (unpaired) electrons. The summed E-state index contributed by atoms with van der Waals surface area (Å²) in [5.41, 5.74) is 8.57. The molecule has 2 rings (SSSR count). The molecule has 3 nitrogen and oxygen atoms in total. The Bertz CT molecular complexity index is 478. The van der Waals surface area contributed by atoms with E-state index in [1.807, 2.05) is 30.0 Å². The zero-order chi connectivity index (χ0) is 14.0. The Labute approximate surface area is 115 Å². The number of rotatable bonds is 3. The van der Waals surface area contributed by atoms with Crippen LogP contribution in [0.2, 0.25) is 0 Å². The third-order valence-corrected chi connectivity index (χ3v) is 4.83. The van der Waals surface area contributed by atoms with Crippen molar-refractivity contribution in [3.05, 3.63) is 29.3 Å². The van der Waals surface area contributed by atoms with Crippen LogP contribution in [0.4, 0.5) is 5.69 Å². The Balaban J connectivity index is 2.20. The van der Waals surface area contributed by atoms with Crippen molar-refractivity contribution in [3.63, 3.8) is 0 Å². The number of nitrogens with zero attached hydrogens (tertiary/aromatic N) is 1. The van der Waals surface area contributed by atoms with Gasteiger partial charge in [-0.25, -0.2) is 0 Å². The number of hydrogen-bond acceptors (Lipinski definition) is 2. The highest BCUT2D eigenvalue weighted by atomic mass is 16.2. The molecule has 1 aromatic carbocycles.